The van der Waals surface area contributed by atoms with E-state index in [0.717, 1.165) is 42.3 Å². The first kappa shape index (κ1) is 27.7. The van der Waals surface area contributed by atoms with Gasteiger partial charge in [-0.25, -0.2) is 9.97 Å². The number of benzene rings is 2. The van der Waals surface area contributed by atoms with E-state index in [9.17, 15) is 18.0 Å². The molecule has 0 bridgehead atoms. The van der Waals surface area contributed by atoms with Crippen molar-refractivity contribution in [2.45, 2.75) is 39.4 Å². The van der Waals surface area contributed by atoms with Crippen LogP contribution in [-0.4, -0.2) is 38.8 Å². The minimum Gasteiger partial charge on any atom is -0.319 e. The summed E-state index contributed by atoms with van der Waals surface area (Å²) in [7, 11) is 0. The maximum Gasteiger partial charge on any atom is 0.416 e. The average Bonchev–Trinajstić information content (AvgIpc) is 2.93. The van der Waals surface area contributed by atoms with E-state index in [4.69, 9.17) is 0 Å². The van der Waals surface area contributed by atoms with Gasteiger partial charge in [0.25, 0.3) is 5.91 Å². The lowest BCUT2D eigenvalue weighted by molar-refractivity contribution is -0.137. The first-order valence-electron chi connectivity index (χ1n) is 12.7. The Morgan fingerprint density at radius 1 is 1.05 bits per heavy atom. The summed E-state index contributed by atoms with van der Waals surface area (Å²) in [5.74, 6) is 5.02. The zero-order valence-corrected chi connectivity index (χ0v) is 21.7. The second-order valence-corrected chi connectivity index (χ2v) is 9.02. The third-order valence-corrected chi connectivity index (χ3v) is 6.11. The van der Waals surface area contributed by atoms with E-state index in [0.29, 0.717) is 29.9 Å². The Hall–Kier alpha value is -4.29. The average molecular weight is 532 g/mol. The van der Waals surface area contributed by atoms with Crippen LogP contribution in [0.15, 0.2) is 67.1 Å². The number of carbonyl (C=O) groups is 1. The summed E-state index contributed by atoms with van der Waals surface area (Å²) in [6.07, 6.45) is 2.16. The van der Waals surface area contributed by atoms with E-state index >= 15 is 0 Å². The number of fused-ring (bicyclic) bond motifs is 1. The number of hydrogen-bond donors (Lipinski definition) is 1. The van der Waals surface area contributed by atoms with Crippen molar-refractivity contribution in [3.63, 3.8) is 0 Å². The van der Waals surface area contributed by atoms with E-state index in [1.165, 1.54) is 6.20 Å². The first-order valence-corrected chi connectivity index (χ1v) is 12.7. The molecule has 2 heterocycles. The Kier molecular flexibility index (Phi) is 8.89. The molecule has 0 aliphatic heterocycles. The zero-order valence-electron chi connectivity index (χ0n) is 21.7. The monoisotopic (exact) mass is 531 g/mol. The summed E-state index contributed by atoms with van der Waals surface area (Å²) in [5, 5.41) is 4.41. The number of anilines is 1. The van der Waals surface area contributed by atoms with Crippen molar-refractivity contribution in [2.24, 2.45) is 0 Å². The maximum atomic E-state index is 13.6. The third kappa shape index (κ3) is 7.39. The molecule has 200 valence electrons. The van der Waals surface area contributed by atoms with Crippen LogP contribution in [0.3, 0.4) is 0 Å². The summed E-state index contributed by atoms with van der Waals surface area (Å²) < 4.78 is 40.9. The Morgan fingerprint density at radius 2 is 1.87 bits per heavy atom. The first-order chi connectivity index (χ1) is 18.8. The molecule has 6 nitrogen and oxygen atoms in total. The summed E-state index contributed by atoms with van der Waals surface area (Å²) >= 11 is 0. The highest BCUT2D eigenvalue weighted by Gasteiger charge is 2.31. The molecule has 0 aliphatic rings. The molecule has 2 aromatic heterocycles. The second kappa shape index (κ2) is 12.5. The molecular formula is C30H28F3N5O. The Labute approximate surface area is 225 Å². The third-order valence-electron chi connectivity index (χ3n) is 6.11. The molecular weight excluding hydrogens is 503 g/mol. The van der Waals surface area contributed by atoms with Crippen LogP contribution in [0.2, 0.25) is 0 Å². The van der Waals surface area contributed by atoms with Crippen LogP contribution in [0, 0.1) is 11.8 Å². The van der Waals surface area contributed by atoms with Crippen molar-refractivity contribution in [3.8, 4) is 11.8 Å². The summed E-state index contributed by atoms with van der Waals surface area (Å²) in [6.45, 7) is 5.86. The van der Waals surface area contributed by atoms with E-state index < -0.39 is 17.6 Å². The molecule has 1 amide bonds. The number of amides is 1. The summed E-state index contributed by atoms with van der Waals surface area (Å²) in [5.41, 5.74) is 0.656. The van der Waals surface area contributed by atoms with Crippen LogP contribution in [0.5, 0.6) is 0 Å². The lowest BCUT2D eigenvalue weighted by Crippen LogP contribution is -2.24. The van der Waals surface area contributed by atoms with E-state index in [1.807, 2.05) is 31.2 Å². The van der Waals surface area contributed by atoms with Gasteiger partial charge in [0.15, 0.2) is 0 Å². The zero-order chi connectivity index (χ0) is 27.8. The Balaban J connectivity index is 1.56. The number of nitrogens with zero attached hydrogens (tertiary/aromatic N) is 4. The standard InChI is InChI=1S/C30H28F3N5O/c1-3-5-14-38(4-2)20-21-15-24(30(31,32)33)17-26(16-21)37-29(39)28-35-13-12-25(36-28)11-10-23-19-34-18-22-8-6-7-9-27(22)23/h6-9,12-13,15-19H,3-5,14,20H2,1-2H3,(H,37,39). The summed E-state index contributed by atoms with van der Waals surface area (Å²) in [6, 6.07) is 12.8. The molecule has 2 aromatic carbocycles. The van der Waals surface area contributed by atoms with Crippen LogP contribution >= 0.6 is 0 Å². The number of unbranched alkanes of at least 4 members (excludes halogenated alkanes) is 1. The van der Waals surface area contributed by atoms with Crippen molar-refractivity contribution in [1.82, 2.24) is 19.9 Å². The van der Waals surface area contributed by atoms with Crippen LogP contribution < -0.4 is 5.32 Å². The predicted molar refractivity (Wildman–Crippen MR) is 145 cm³/mol. The van der Waals surface area contributed by atoms with Gasteiger partial charge in [-0.3, -0.25) is 14.7 Å². The Morgan fingerprint density at radius 3 is 2.64 bits per heavy atom. The molecule has 0 aliphatic carbocycles. The van der Waals surface area contributed by atoms with Crippen molar-refractivity contribution in [3.05, 3.63) is 95.3 Å². The molecule has 1 N–H and O–H groups in total. The predicted octanol–water partition coefficient (Wildman–Crippen LogP) is 6.32. The topological polar surface area (TPSA) is 71.0 Å². The van der Waals surface area contributed by atoms with E-state index in [-0.39, 0.29) is 11.5 Å². The van der Waals surface area contributed by atoms with Gasteiger partial charge in [-0.15, -0.1) is 0 Å². The molecule has 4 rings (SSSR count). The van der Waals surface area contributed by atoms with Crippen LogP contribution in [0.1, 0.15) is 59.7 Å². The molecule has 0 saturated carbocycles. The van der Waals surface area contributed by atoms with Gasteiger partial charge in [0.1, 0.15) is 5.69 Å². The van der Waals surface area contributed by atoms with Crippen LogP contribution in [-0.2, 0) is 12.7 Å². The van der Waals surface area contributed by atoms with Gasteiger partial charge in [-0.05, 0) is 55.3 Å². The van der Waals surface area contributed by atoms with Gasteiger partial charge >= 0.3 is 6.18 Å². The number of rotatable bonds is 8. The largest absolute Gasteiger partial charge is 0.416 e. The van der Waals surface area contributed by atoms with Gasteiger partial charge in [0, 0.05) is 41.6 Å². The van der Waals surface area contributed by atoms with Crippen molar-refractivity contribution >= 4 is 22.4 Å². The van der Waals surface area contributed by atoms with E-state index in [2.05, 4.69) is 43.9 Å². The van der Waals surface area contributed by atoms with Gasteiger partial charge in [-0.2, -0.15) is 13.2 Å². The lowest BCUT2D eigenvalue weighted by atomic mass is 10.1. The molecule has 0 radical (unpaired) electrons. The Bertz CT molecular complexity index is 1520. The molecule has 39 heavy (non-hydrogen) atoms. The lowest BCUT2D eigenvalue weighted by Gasteiger charge is -2.21. The van der Waals surface area contributed by atoms with Gasteiger partial charge in [0.05, 0.1) is 11.1 Å². The van der Waals surface area contributed by atoms with Crippen molar-refractivity contribution in [1.29, 1.82) is 0 Å². The fourth-order valence-corrected chi connectivity index (χ4v) is 4.08. The molecule has 4 aromatic rings. The number of halogens is 3. The number of hydrogen-bond acceptors (Lipinski definition) is 5. The van der Waals surface area contributed by atoms with Crippen molar-refractivity contribution in [2.75, 3.05) is 18.4 Å². The van der Waals surface area contributed by atoms with E-state index in [1.54, 1.807) is 24.5 Å². The number of aromatic nitrogens is 3. The van der Waals surface area contributed by atoms with Gasteiger partial charge < -0.3 is 5.32 Å². The van der Waals surface area contributed by atoms with Gasteiger partial charge in [-0.1, -0.05) is 50.5 Å². The highest BCUT2D eigenvalue weighted by molar-refractivity contribution is 6.01. The fourth-order valence-electron chi connectivity index (χ4n) is 4.08. The minimum absolute atomic E-state index is 0.0262. The number of alkyl halides is 3. The fraction of sp³-hybridized carbons (Fsp3) is 0.267. The SMILES string of the molecule is CCCCN(CC)Cc1cc(NC(=O)c2nccc(C#Cc3cncc4ccccc34)n2)cc(C(F)(F)F)c1. The molecule has 0 spiro atoms. The molecule has 0 unspecified atom stereocenters. The molecule has 0 atom stereocenters. The van der Waals surface area contributed by atoms with Crippen LogP contribution in [0.4, 0.5) is 18.9 Å². The second-order valence-electron chi connectivity index (χ2n) is 9.02. The van der Waals surface area contributed by atoms with Gasteiger partial charge in [0.2, 0.25) is 5.82 Å². The highest BCUT2D eigenvalue weighted by Crippen LogP contribution is 2.32. The van der Waals surface area contributed by atoms with Crippen molar-refractivity contribution < 1.29 is 18.0 Å². The molecule has 0 fully saturated rings. The smallest absolute Gasteiger partial charge is 0.319 e. The minimum atomic E-state index is -4.56. The number of nitrogens with one attached hydrogen (secondary N) is 1. The number of pyridine rings is 1. The molecule has 9 heteroatoms. The quantitative estimate of drug-likeness (QED) is 0.270. The maximum absolute atomic E-state index is 13.6. The number of carbonyl (C=O) groups excluding carboxylic acids is 1. The normalized spacial score (nSPS) is 11.3. The molecule has 0 saturated heterocycles. The summed E-state index contributed by atoms with van der Waals surface area (Å²) in [4.78, 5) is 27.4. The van der Waals surface area contributed by atoms with Crippen LogP contribution in [0.25, 0.3) is 10.8 Å². The highest BCUT2D eigenvalue weighted by atomic mass is 19.4.